The second-order valence-corrected chi connectivity index (χ2v) is 8.01. The molecule has 0 bridgehead atoms. The Hall–Kier alpha value is -1.06. The summed E-state index contributed by atoms with van der Waals surface area (Å²) in [6.45, 7) is 2.98. The van der Waals surface area contributed by atoms with Crippen LogP contribution in [0.1, 0.15) is 84.0 Å². The van der Waals surface area contributed by atoms with Gasteiger partial charge in [0.1, 0.15) is 0 Å². The van der Waals surface area contributed by atoms with Gasteiger partial charge in [-0.2, -0.15) is 0 Å². The molecule has 2 N–H and O–H groups in total. The van der Waals surface area contributed by atoms with Crippen LogP contribution in [0, 0.1) is 23.7 Å². The number of hydrogen-bond acceptors (Lipinski definition) is 2. The van der Waals surface area contributed by atoms with Crippen LogP contribution < -0.4 is 5.32 Å². The quantitative estimate of drug-likeness (QED) is 0.646. The van der Waals surface area contributed by atoms with Crippen LogP contribution in [0.25, 0.3) is 0 Å². The average molecular weight is 338 g/mol. The van der Waals surface area contributed by atoms with Crippen LogP contribution in [0.2, 0.25) is 0 Å². The monoisotopic (exact) mass is 337 g/mol. The van der Waals surface area contributed by atoms with Crippen molar-refractivity contribution in [1.82, 2.24) is 5.32 Å². The van der Waals surface area contributed by atoms with E-state index in [0.29, 0.717) is 5.92 Å². The molecule has 2 saturated carbocycles. The molecule has 0 aromatic heterocycles. The van der Waals surface area contributed by atoms with Crippen molar-refractivity contribution in [2.24, 2.45) is 23.7 Å². The second-order valence-electron chi connectivity index (χ2n) is 8.01. The van der Waals surface area contributed by atoms with Gasteiger partial charge in [-0.1, -0.05) is 32.6 Å². The largest absolute Gasteiger partial charge is 0.481 e. The van der Waals surface area contributed by atoms with Gasteiger partial charge < -0.3 is 10.4 Å². The van der Waals surface area contributed by atoms with E-state index < -0.39 is 5.97 Å². The van der Waals surface area contributed by atoms with Crippen molar-refractivity contribution in [3.8, 4) is 0 Å². The molecule has 0 spiro atoms. The van der Waals surface area contributed by atoms with Gasteiger partial charge in [0.15, 0.2) is 0 Å². The van der Waals surface area contributed by atoms with Gasteiger partial charge in [-0.05, 0) is 63.2 Å². The number of carbonyl (C=O) groups is 2. The summed E-state index contributed by atoms with van der Waals surface area (Å²) < 4.78 is 0. The lowest BCUT2D eigenvalue weighted by molar-refractivity contribution is -0.143. The molecule has 0 unspecified atom stereocenters. The maximum absolute atomic E-state index is 12.4. The molecule has 0 aliphatic heterocycles. The lowest BCUT2D eigenvalue weighted by Gasteiger charge is -2.29. The lowest BCUT2D eigenvalue weighted by atomic mass is 9.79. The standard InChI is InChI=1S/C20H35NO3/c1-2-3-4-5-15-6-10-17(11-7-15)19(22)21-14-16-8-12-18(13-9-16)20(23)24/h15-18H,2-14H2,1H3,(H,21,22)(H,23,24)/t15-,16-,17-,18-. The first kappa shape index (κ1) is 19.3. The summed E-state index contributed by atoms with van der Waals surface area (Å²) in [5.41, 5.74) is 0. The predicted molar refractivity (Wildman–Crippen MR) is 95.7 cm³/mol. The summed E-state index contributed by atoms with van der Waals surface area (Å²) >= 11 is 0. The Balaban J connectivity index is 1.59. The first-order valence-electron chi connectivity index (χ1n) is 10.1. The molecule has 4 nitrogen and oxygen atoms in total. The van der Waals surface area contributed by atoms with Gasteiger partial charge in [0.2, 0.25) is 5.91 Å². The van der Waals surface area contributed by atoms with E-state index >= 15 is 0 Å². The minimum absolute atomic E-state index is 0.167. The van der Waals surface area contributed by atoms with Crippen molar-refractivity contribution >= 4 is 11.9 Å². The highest BCUT2D eigenvalue weighted by Gasteiger charge is 2.28. The van der Waals surface area contributed by atoms with Crippen LogP contribution in [0.15, 0.2) is 0 Å². The number of carbonyl (C=O) groups excluding carboxylic acids is 1. The molecule has 2 rings (SSSR count). The van der Waals surface area contributed by atoms with Crippen molar-refractivity contribution in [1.29, 1.82) is 0 Å². The third-order valence-corrected chi connectivity index (χ3v) is 6.19. The molecule has 0 heterocycles. The number of amides is 1. The summed E-state index contributed by atoms with van der Waals surface area (Å²) in [5.74, 6) is 0.931. The van der Waals surface area contributed by atoms with Gasteiger partial charge in [0, 0.05) is 12.5 Å². The molecule has 4 heteroatoms. The second kappa shape index (κ2) is 10.0. The van der Waals surface area contributed by atoms with Gasteiger partial charge in [-0.15, -0.1) is 0 Å². The van der Waals surface area contributed by atoms with Crippen LogP contribution >= 0.6 is 0 Å². The zero-order valence-corrected chi connectivity index (χ0v) is 15.3. The Morgan fingerprint density at radius 3 is 2.04 bits per heavy atom. The zero-order valence-electron chi connectivity index (χ0n) is 15.3. The SMILES string of the molecule is CCCCC[C@H]1CC[C@H](C(=O)NC[C@H]2CC[C@H](C(=O)O)CC2)CC1. The van der Waals surface area contributed by atoms with Crippen LogP contribution in [0.4, 0.5) is 0 Å². The first-order valence-corrected chi connectivity index (χ1v) is 10.1. The van der Waals surface area contributed by atoms with E-state index in [2.05, 4.69) is 12.2 Å². The van der Waals surface area contributed by atoms with E-state index in [1.165, 1.54) is 38.5 Å². The lowest BCUT2D eigenvalue weighted by Crippen LogP contribution is -2.37. The van der Waals surface area contributed by atoms with E-state index in [4.69, 9.17) is 5.11 Å². The van der Waals surface area contributed by atoms with E-state index in [0.717, 1.165) is 51.0 Å². The van der Waals surface area contributed by atoms with Gasteiger partial charge in [0.05, 0.1) is 5.92 Å². The Morgan fingerprint density at radius 1 is 0.875 bits per heavy atom. The van der Waals surface area contributed by atoms with Gasteiger partial charge in [-0.3, -0.25) is 9.59 Å². The fraction of sp³-hybridized carbons (Fsp3) is 0.900. The maximum Gasteiger partial charge on any atom is 0.306 e. The summed E-state index contributed by atoms with van der Waals surface area (Å²) in [5, 5.41) is 12.2. The molecule has 0 radical (unpaired) electrons. The third-order valence-electron chi connectivity index (χ3n) is 6.19. The fourth-order valence-electron chi connectivity index (χ4n) is 4.40. The van der Waals surface area contributed by atoms with Crippen LogP contribution in [0.5, 0.6) is 0 Å². The molecule has 1 amide bonds. The minimum Gasteiger partial charge on any atom is -0.481 e. The maximum atomic E-state index is 12.4. The highest BCUT2D eigenvalue weighted by Crippen LogP contribution is 2.32. The van der Waals surface area contributed by atoms with E-state index in [-0.39, 0.29) is 17.7 Å². The number of hydrogen-bond donors (Lipinski definition) is 2. The molecule has 2 aliphatic rings. The number of aliphatic carboxylic acids is 1. The Morgan fingerprint density at radius 2 is 1.46 bits per heavy atom. The van der Waals surface area contributed by atoms with E-state index in [1.807, 2.05) is 0 Å². The van der Waals surface area contributed by atoms with E-state index in [9.17, 15) is 9.59 Å². The molecule has 24 heavy (non-hydrogen) atoms. The normalized spacial score (nSPS) is 30.7. The smallest absolute Gasteiger partial charge is 0.306 e. The summed E-state index contributed by atoms with van der Waals surface area (Å²) in [6.07, 6.45) is 13.2. The molecular formula is C20H35NO3. The number of rotatable bonds is 8. The van der Waals surface area contributed by atoms with Crippen molar-refractivity contribution < 1.29 is 14.7 Å². The third kappa shape index (κ3) is 6.10. The summed E-state index contributed by atoms with van der Waals surface area (Å²) in [4.78, 5) is 23.3. The fourth-order valence-corrected chi connectivity index (χ4v) is 4.40. The number of unbranched alkanes of at least 4 members (excludes halogenated alkanes) is 2. The number of nitrogens with one attached hydrogen (secondary N) is 1. The van der Waals surface area contributed by atoms with Crippen molar-refractivity contribution in [2.75, 3.05) is 6.54 Å². The molecule has 0 aromatic rings. The topological polar surface area (TPSA) is 66.4 Å². The predicted octanol–water partition coefficient (Wildman–Crippen LogP) is 4.38. The molecule has 0 aromatic carbocycles. The molecule has 2 fully saturated rings. The van der Waals surface area contributed by atoms with Crippen LogP contribution in [-0.4, -0.2) is 23.5 Å². The Bertz CT molecular complexity index is 394. The van der Waals surface area contributed by atoms with Crippen LogP contribution in [-0.2, 0) is 9.59 Å². The Labute approximate surface area is 146 Å². The van der Waals surface area contributed by atoms with Gasteiger partial charge >= 0.3 is 5.97 Å². The van der Waals surface area contributed by atoms with Crippen molar-refractivity contribution in [3.63, 3.8) is 0 Å². The number of carboxylic acids is 1. The molecule has 0 saturated heterocycles. The molecular weight excluding hydrogens is 302 g/mol. The highest BCUT2D eigenvalue weighted by molar-refractivity contribution is 5.78. The minimum atomic E-state index is -0.659. The molecule has 2 aliphatic carbocycles. The molecule has 138 valence electrons. The summed E-state index contributed by atoms with van der Waals surface area (Å²) in [6, 6.07) is 0. The molecule has 0 atom stereocenters. The average Bonchev–Trinajstić information content (AvgIpc) is 2.61. The summed E-state index contributed by atoms with van der Waals surface area (Å²) in [7, 11) is 0. The Kier molecular flexibility index (Phi) is 8.07. The van der Waals surface area contributed by atoms with Crippen molar-refractivity contribution in [3.05, 3.63) is 0 Å². The van der Waals surface area contributed by atoms with Gasteiger partial charge in [-0.25, -0.2) is 0 Å². The van der Waals surface area contributed by atoms with Crippen molar-refractivity contribution in [2.45, 2.75) is 84.0 Å². The van der Waals surface area contributed by atoms with E-state index in [1.54, 1.807) is 0 Å². The first-order chi connectivity index (χ1) is 11.6. The zero-order chi connectivity index (χ0) is 17.4. The number of carboxylic acid groups (broad SMARTS) is 1. The van der Waals surface area contributed by atoms with Crippen LogP contribution in [0.3, 0.4) is 0 Å². The highest BCUT2D eigenvalue weighted by atomic mass is 16.4. The van der Waals surface area contributed by atoms with Gasteiger partial charge in [0.25, 0.3) is 0 Å².